The van der Waals surface area contributed by atoms with Crippen molar-refractivity contribution >= 4 is 15.9 Å². The predicted molar refractivity (Wildman–Crippen MR) is 73.0 cm³/mol. The van der Waals surface area contributed by atoms with E-state index in [9.17, 15) is 13.2 Å². The van der Waals surface area contributed by atoms with Crippen LogP contribution in [0.25, 0.3) is 0 Å². The molecule has 0 unspecified atom stereocenters. The fourth-order valence-corrected chi connectivity index (χ4v) is 3.66. The molecule has 1 heterocycles. The number of hydrogen-bond acceptors (Lipinski definition) is 4. The lowest BCUT2D eigenvalue weighted by atomic mass is 9.66. The first-order chi connectivity index (χ1) is 8.86. The normalized spacial score (nSPS) is 24.0. The lowest BCUT2D eigenvalue weighted by Gasteiger charge is -2.42. The van der Waals surface area contributed by atoms with Crippen molar-refractivity contribution in [2.45, 2.75) is 25.7 Å². The van der Waals surface area contributed by atoms with Gasteiger partial charge in [-0.1, -0.05) is 6.42 Å². The van der Waals surface area contributed by atoms with E-state index in [1.165, 1.54) is 10.6 Å². The van der Waals surface area contributed by atoms with Crippen molar-refractivity contribution in [2.24, 2.45) is 11.1 Å². The van der Waals surface area contributed by atoms with Gasteiger partial charge < -0.3 is 10.6 Å². The molecule has 1 amide bonds. The number of sulfonamides is 1. The quantitative estimate of drug-likeness (QED) is 0.764. The molecule has 6 nitrogen and oxygen atoms in total. The average molecular weight is 289 g/mol. The number of piperazine rings is 1. The summed E-state index contributed by atoms with van der Waals surface area (Å²) in [6, 6.07) is 0. The molecule has 1 saturated heterocycles. The summed E-state index contributed by atoms with van der Waals surface area (Å²) in [4.78, 5) is 14.0. The SMILES string of the molecule is CS(=O)(=O)N1CCN(C(=O)CC2(CN)CCC2)CC1. The monoisotopic (exact) mass is 289 g/mol. The Kier molecular flexibility index (Phi) is 4.17. The van der Waals surface area contributed by atoms with Crippen molar-refractivity contribution < 1.29 is 13.2 Å². The van der Waals surface area contributed by atoms with Crippen LogP contribution in [-0.4, -0.2) is 62.5 Å². The Morgan fingerprint density at radius 3 is 2.16 bits per heavy atom. The van der Waals surface area contributed by atoms with Crippen LogP contribution in [0.5, 0.6) is 0 Å². The zero-order valence-electron chi connectivity index (χ0n) is 11.5. The molecule has 110 valence electrons. The summed E-state index contributed by atoms with van der Waals surface area (Å²) in [5, 5.41) is 0. The first-order valence-electron chi connectivity index (χ1n) is 6.79. The maximum absolute atomic E-state index is 12.2. The van der Waals surface area contributed by atoms with E-state index in [1.54, 1.807) is 4.90 Å². The number of nitrogens with zero attached hydrogens (tertiary/aromatic N) is 2. The first kappa shape index (κ1) is 14.7. The average Bonchev–Trinajstić information content (AvgIpc) is 2.32. The summed E-state index contributed by atoms with van der Waals surface area (Å²) in [5.74, 6) is 0.123. The van der Waals surface area contributed by atoms with E-state index >= 15 is 0 Å². The van der Waals surface area contributed by atoms with Gasteiger partial charge in [0.1, 0.15) is 0 Å². The van der Waals surface area contributed by atoms with Crippen LogP contribution in [0.1, 0.15) is 25.7 Å². The second-order valence-electron chi connectivity index (χ2n) is 5.78. The molecule has 1 aliphatic heterocycles. The topological polar surface area (TPSA) is 83.7 Å². The van der Waals surface area contributed by atoms with E-state index < -0.39 is 10.0 Å². The summed E-state index contributed by atoms with van der Waals surface area (Å²) in [7, 11) is -3.13. The minimum absolute atomic E-state index is 0.0189. The summed E-state index contributed by atoms with van der Waals surface area (Å²) >= 11 is 0. The maximum atomic E-state index is 12.2. The zero-order chi connectivity index (χ0) is 14.1. The molecule has 19 heavy (non-hydrogen) atoms. The van der Waals surface area contributed by atoms with Gasteiger partial charge in [-0.05, 0) is 24.8 Å². The summed E-state index contributed by atoms with van der Waals surface area (Å²) in [5.41, 5.74) is 5.79. The van der Waals surface area contributed by atoms with Crippen LogP contribution in [0.15, 0.2) is 0 Å². The molecule has 0 spiro atoms. The van der Waals surface area contributed by atoms with Crippen molar-refractivity contribution in [1.29, 1.82) is 0 Å². The van der Waals surface area contributed by atoms with E-state index in [0.717, 1.165) is 19.3 Å². The second-order valence-corrected chi connectivity index (χ2v) is 7.76. The van der Waals surface area contributed by atoms with Gasteiger partial charge in [-0.2, -0.15) is 4.31 Å². The molecular formula is C12H23N3O3S. The van der Waals surface area contributed by atoms with Crippen LogP contribution in [0.2, 0.25) is 0 Å². The number of carbonyl (C=O) groups excluding carboxylic acids is 1. The lowest BCUT2D eigenvalue weighted by molar-refractivity contribution is -0.136. The van der Waals surface area contributed by atoms with E-state index in [0.29, 0.717) is 39.1 Å². The summed E-state index contributed by atoms with van der Waals surface area (Å²) < 4.78 is 24.2. The van der Waals surface area contributed by atoms with Crippen LogP contribution >= 0.6 is 0 Å². The summed E-state index contributed by atoms with van der Waals surface area (Å²) in [6.07, 6.45) is 4.97. The van der Waals surface area contributed by atoms with E-state index in [4.69, 9.17) is 5.73 Å². The Labute approximate surface area is 115 Å². The zero-order valence-corrected chi connectivity index (χ0v) is 12.3. The predicted octanol–water partition coefficient (Wildman–Crippen LogP) is -0.391. The highest BCUT2D eigenvalue weighted by Crippen LogP contribution is 2.43. The third kappa shape index (κ3) is 3.27. The molecule has 0 aromatic heterocycles. The highest BCUT2D eigenvalue weighted by Gasteiger charge is 2.39. The Morgan fingerprint density at radius 2 is 1.79 bits per heavy atom. The fourth-order valence-electron chi connectivity index (χ4n) is 2.83. The molecule has 1 aliphatic carbocycles. The smallest absolute Gasteiger partial charge is 0.223 e. The summed E-state index contributed by atoms with van der Waals surface area (Å²) in [6.45, 7) is 2.36. The van der Waals surface area contributed by atoms with Crippen molar-refractivity contribution in [3.63, 3.8) is 0 Å². The maximum Gasteiger partial charge on any atom is 0.223 e. The molecular weight excluding hydrogens is 266 g/mol. The van der Waals surface area contributed by atoms with Crippen LogP contribution in [-0.2, 0) is 14.8 Å². The molecule has 2 rings (SSSR count). The first-order valence-corrected chi connectivity index (χ1v) is 8.64. The number of nitrogens with two attached hydrogens (primary N) is 1. The molecule has 0 aromatic rings. The van der Waals surface area contributed by atoms with Gasteiger partial charge in [0.25, 0.3) is 0 Å². The third-order valence-corrected chi connectivity index (χ3v) is 5.74. The molecule has 1 saturated carbocycles. The van der Waals surface area contributed by atoms with Crippen LogP contribution in [0, 0.1) is 5.41 Å². The minimum atomic E-state index is -3.13. The molecule has 2 fully saturated rings. The minimum Gasteiger partial charge on any atom is -0.340 e. The highest BCUT2D eigenvalue weighted by atomic mass is 32.2. The van der Waals surface area contributed by atoms with Crippen LogP contribution < -0.4 is 5.73 Å². The second kappa shape index (κ2) is 5.38. The van der Waals surface area contributed by atoms with E-state index in [1.807, 2.05) is 0 Å². The van der Waals surface area contributed by atoms with Gasteiger partial charge in [0.2, 0.25) is 15.9 Å². The van der Waals surface area contributed by atoms with Gasteiger partial charge in [0, 0.05) is 32.6 Å². The van der Waals surface area contributed by atoms with Crippen molar-refractivity contribution in [3.05, 3.63) is 0 Å². The molecule has 2 N–H and O–H groups in total. The van der Waals surface area contributed by atoms with Crippen LogP contribution in [0.3, 0.4) is 0 Å². The molecule has 0 aromatic carbocycles. The number of rotatable bonds is 4. The van der Waals surface area contributed by atoms with Crippen LogP contribution in [0.4, 0.5) is 0 Å². The van der Waals surface area contributed by atoms with Crippen molar-refractivity contribution in [1.82, 2.24) is 9.21 Å². The largest absolute Gasteiger partial charge is 0.340 e. The molecule has 2 aliphatic rings. The van der Waals surface area contributed by atoms with Crippen molar-refractivity contribution in [2.75, 3.05) is 39.0 Å². The van der Waals surface area contributed by atoms with Gasteiger partial charge in [0.05, 0.1) is 6.26 Å². The Hall–Kier alpha value is -0.660. The third-order valence-electron chi connectivity index (χ3n) is 4.43. The number of hydrogen-bond donors (Lipinski definition) is 1. The number of amides is 1. The molecule has 0 atom stereocenters. The van der Waals surface area contributed by atoms with Gasteiger partial charge in [-0.15, -0.1) is 0 Å². The fraction of sp³-hybridized carbons (Fsp3) is 0.917. The number of carbonyl (C=O) groups is 1. The standard InChI is InChI=1S/C12H23N3O3S/c1-19(17,18)15-7-5-14(6-8-15)11(16)9-12(10-13)3-2-4-12/h2-10,13H2,1H3. The van der Waals surface area contributed by atoms with Gasteiger partial charge in [0.15, 0.2) is 0 Å². The highest BCUT2D eigenvalue weighted by molar-refractivity contribution is 7.88. The Morgan fingerprint density at radius 1 is 1.21 bits per heavy atom. The van der Waals surface area contributed by atoms with E-state index in [-0.39, 0.29) is 11.3 Å². The van der Waals surface area contributed by atoms with Gasteiger partial charge in [-0.3, -0.25) is 4.79 Å². The molecule has 0 bridgehead atoms. The molecule has 0 radical (unpaired) electrons. The molecule has 7 heteroatoms. The Bertz CT molecular complexity index is 432. The van der Waals surface area contributed by atoms with Gasteiger partial charge >= 0.3 is 0 Å². The Balaban J connectivity index is 1.86. The van der Waals surface area contributed by atoms with E-state index in [2.05, 4.69) is 0 Å². The lowest BCUT2D eigenvalue weighted by Crippen LogP contribution is -2.52. The van der Waals surface area contributed by atoms with Gasteiger partial charge in [-0.25, -0.2) is 8.42 Å². The van der Waals surface area contributed by atoms with Crippen molar-refractivity contribution in [3.8, 4) is 0 Å².